The van der Waals surface area contributed by atoms with E-state index in [0.29, 0.717) is 0 Å². The van der Waals surface area contributed by atoms with Gasteiger partial charge in [-0.1, -0.05) is 17.3 Å². The number of likely N-dealkylation sites (tertiary alicyclic amines) is 1. The maximum atomic E-state index is 13.7. The molecule has 1 saturated heterocycles. The third-order valence-corrected chi connectivity index (χ3v) is 5.51. The van der Waals surface area contributed by atoms with Gasteiger partial charge in [0.05, 0.1) is 5.69 Å². The summed E-state index contributed by atoms with van der Waals surface area (Å²) in [6, 6.07) is 8.75. The number of aromatic nitrogens is 1. The number of alkyl halides is 1. The summed E-state index contributed by atoms with van der Waals surface area (Å²) in [4.78, 5) is 2.51. The van der Waals surface area contributed by atoms with Gasteiger partial charge < -0.3 is 9.42 Å². The Morgan fingerprint density at radius 2 is 2.12 bits per heavy atom. The van der Waals surface area contributed by atoms with Crippen LogP contribution in [0.3, 0.4) is 0 Å². The topological polar surface area (TPSA) is 29.3 Å². The zero-order valence-electron chi connectivity index (χ0n) is 14.5. The number of piperidine rings is 1. The smallest absolute Gasteiger partial charge is 0.124 e. The van der Waals surface area contributed by atoms with Crippen molar-refractivity contribution in [3.8, 4) is 0 Å². The number of rotatable bonds is 8. The molecule has 1 aromatic carbocycles. The first-order chi connectivity index (χ1) is 12.3. The van der Waals surface area contributed by atoms with Gasteiger partial charge >= 0.3 is 0 Å². The summed E-state index contributed by atoms with van der Waals surface area (Å²) in [5, 5.41) is 4.11. The zero-order valence-corrected chi connectivity index (χ0v) is 15.3. The molecule has 0 amide bonds. The van der Waals surface area contributed by atoms with Gasteiger partial charge in [-0.15, -0.1) is 11.6 Å². The van der Waals surface area contributed by atoms with Gasteiger partial charge in [-0.05, 0) is 75.4 Å². The minimum atomic E-state index is -0.196. The van der Waals surface area contributed by atoms with Crippen molar-refractivity contribution in [3.05, 3.63) is 53.7 Å². The molecule has 2 aromatic rings. The van der Waals surface area contributed by atoms with E-state index in [1.807, 2.05) is 12.1 Å². The fourth-order valence-electron chi connectivity index (χ4n) is 3.79. The van der Waals surface area contributed by atoms with Gasteiger partial charge in [0.15, 0.2) is 0 Å². The molecule has 0 N–H and O–H groups in total. The lowest BCUT2D eigenvalue weighted by atomic mass is 9.84. The van der Waals surface area contributed by atoms with Gasteiger partial charge in [0.25, 0.3) is 0 Å². The van der Waals surface area contributed by atoms with Crippen LogP contribution in [0, 0.1) is 11.7 Å². The molecule has 0 saturated carbocycles. The molecule has 3 nitrogen and oxygen atoms in total. The fourth-order valence-corrected chi connectivity index (χ4v) is 3.91. The zero-order chi connectivity index (χ0) is 17.5. The second kappa shape index (κ2) is 9.35. The molecule has 0 bridgehead atoms. The molecule has 1 aliphatic rings. The van der Waals surface area contributed by atoms with Crippen molar-refractivity contribution in [1.29, 1.82) is 0 Å². The normalized spacial score (nSPS) is 17.7. The molecule has 5 heteroatoms. The monoisotopic (exact) mass is 364 g/mol. The molecule has 3 rings (SSSR count). The van der Waals surface area contributed by atoms with E-state index < -0.39 is 0 Å². The molecule has 1 atom stereocenters. The molecular formula is C20H26ClFN2O. The SMILES string of the molecule is Fc1cccc(C(CCC2CCN(CCCCl)CC2)c2ccon2)c1. The van der Waals surface area contributed by atoms with Crippen LogP contribution in [0.25, 0.3) is 0 Å². The van der Waals surface area contributed by atoms with Crippen LogP contribution in [0.15, 0.2) is 41.1 Å². The lowest BCUT2D eigenvalue weighted by Crippen LogP contribution is -2.34. The van der Waals surface area contributed by atoms with Crippen molar-refractivity contribution < 1.29 is 8.91 Å². The van der Waals surface area contributed by atoms with Crippen LogP contribution in [0.2, 0.25) is 0 Å². The van der Waals surface area contributed by atoms with Crippen molar-refractivity contribution in [2.75, 3.05) is 25.5 Å². The Labute approximate surface area is 154 Å². The first-order valence-corrected chi connectivity index (χ1v) is 9.74. The van der Waals surface area contributed by atoms with Crippen LogP contribution >= 0.6 is 11.6 Å². The number of hydrogen-bond acceptors (Lipinski definition) is 3. The minimum Gasteiger partial charge on any atom is -0.364 e. The molecule has 1 fully saturated rings. The Hall–Kier alpha value is -1.39. The van der Waals surface area contributed by atoms with Crippen molar-refractivity contribution in [3.63, 3.8) is 0 Å². The van der Waals surface area contributed by atoms with E-state index in [-0.39, 0.29) is 11.7 Å². The van der Waals surface area contributed by atoms with E-state index in [4.69, 9.17) is 16.1 Å². The predicted octanol–water partition coefficient (Wildman–Crippen LogP) is 5.07. The van der Waals surface area contributed by atoms with E-state index in [0.717, 1.165) is 62.0 Å². The van der Waals surface area contributed by atoms with E-state index >= 15 is 0 Å². The second-order valence-corrected chi connectivity index (χ2v) is 7.31. The van der Waals surface area contributed by atoms with Crippen LogP contribution in [0.4, 0.5) is 4.39 Å². The van der Waals surface area contributed by atoms with Gasteiger partial charge in [-0.2, -0.15) is 0 Å². The Balaban J connectivity index is 1.57. The van der Waals surface area contributed by atoms with Crippen molar-refractivity contribution in [2.24, 2.45) is 5.92 Å². The summed E-state index contributed by atoms with van der Waals surface area (Å²) in [7, 11) is 0. The molecule has 1 unspecified atom stereocenters. The van der Waals surface area contributed by atoms with Crippen LogP contribution in [0.1, 0.15) is 49.3 Å². The van der Waals surface area contributed by atoms with Gasteiger partial charge in [0.1, 0.15) is 12.1 Å². The first kappa shape index (κ1) is 18.4. The molecule has 2 heterocycles. The molecule has 0 aliphatic carbocycles. The molecule has 0 radical (unpaired) electrons. The number of nitrogens with zero attached hydrogens (tertiary/aromatic N) is 2. The van der Waals surface area contributed by atoms with E-state index in [2.05, 4.69) is 10.1 Å². The first-order valence-electron chi connectivity index (χ1n) is 9.20. The van der Waals surface area contributed by atoms with Crippen molar-refractivity contribution in [1.82, 2.24) is 10.1 Å². The highest BCUT2D eigenvalue weighted by atomic mass is 35.5. The number of hydrogen-bond donors (Lipinski definition) is 0. The Morgan fingerprint density at radius 3 is 2.80 bits per heavy atom. The van der Waals surface area contributed by atoms with Crippen molar-refractivity contribution >= 4 is 11.6 Å². The quantitative estimate of drug-likeness (QED) is 0.612. The highest BCUT2D eigenvalue weighted by Crippen LogP contribution is 2.32. The average Bonchev–Trinajstić information content (AvgIpc) is 3.16. The second-order valence-electron chi connectivity index (χ2n) is 6.94. The largest absolute Gasteiger partial charge is 0.364 e. The van der Waals surface area contributed by atoms with Crippen LogP contribution in [0.5, 0.6) is 0 Å². The molecule has 1 aliphatic heterocycles. The highest BCUT2D eigenvalue weighted by molar-refractivity contribution is 6.17. The lowest BCUT2D eigenvalue weighted by Gasteiger charge is -2.32. The van der Waals surface area contributed by atoms with Crippen molar-refractivity contribution in [2.45, 2.75) is 38.0 Å². The summed E-state index contributed by atoms with van der Waals surface area (Å²) < 4.78 is 18.7. The van der Waals surface area contributed by atoms with Crippen LogP contribution < -0.4 is 0 Å². The maximum absolute atomic E-state index is 13.7. The van der Waals surface area contributed by atoms with Gasteiger partial charge in [-0.3, -0.25) is 0 Å². The van der Waals surface area contributed by atoms with Crippen LogP contribution in [-0.2, 0) is 0 Å². The molecule has 25 heavy (non-hydrogen) atoms. The highest BCUT2D eigenvalue weighted by Gasteiger charge is 2.23. The Morgan fingerprint density at radius 1 is 1.28 bits per heavy atom. The fraction of sp³-hybridized carbons (Fsp3) is 0.550. The summed E-state index contributed by atoms with van der Waals surface area (Å²) in [6.45, 7) is 3.44. The third-order valence-electron chi connectivity index (χ3n) is 5.24. The third kappa shape index (κ3) is 5.29. The molecule has 1 aromatic heterocycles. The summed E-state index contributed by atoms with van der Waals surface area (Å²) >= 11 is 5.79. The average molecular weight is 365 g/mol. The number of benzene rings is 1. The molecule has 136 valence electrons. The number of halogens is 2. The van der Waals surface area contributed by atoms with Crippen LogP contribution in [-0.4, -0.2) is 35.6 Å². The molecule has 0 spiro atoms. The van der Waals surface area contributed by atoms with E-state index in [1.165, 1.54) is 18.9 Å². The van der Waals surface area contributed by atoms with Gasteiger partial charge in [0, 0.05) is 17.9 Å². The Kier molecular flexibility index (Phi) is 6.88. The Bertz CT molecular complexity index is 626. The maximum Gasteiger partial charge on any atom is 0.124 e. The van der Waals surface area contributed by atoms with E-state index in [9.17, 15) is 4.39 Å². The van der Waals surface area contributed by atoms with Gasteiger partial charge in [-0.25, -0.2) is 4.39 Å². The lowest BCUT2D eigenvalue weighted by molar-refractivity contribution is 0.177. The predicted molar refractivity (Wildman–Crippen MR) is 98.5 cm³/mol. The van der Waals surface area contributed by atoms with Gasteiger partial charge in [0.2, 0.25) is 0 Å². The van der Waals surface area contributed by atoms with E-state index in [1.54, 1.807) is 18.4 Å². The standard InChI is InChI=1S/C20H26ClFN2O/c21-10-2-11-24-12-7-16(8-13-24)5-6-19(20-9-14-25-23-20)17-3-1-4-18(22)15-17/h1,3-4,9,14-16,19H,2,5-8,10-13H2. The summed E-state index contributed by atoms with van der Waals surface area (Å²) in [6.07, 6.45) is 7.24. The summed E-state index contributed by atoms with van der Waals surface area (Å²) in [5.74, 6) is 1.38. The minimum absolute atomic E-state index is 0.101. The molecular weight excluding hydrogens is 339 g/mol. The summed E-state index contributed by atoms with van der Waals surface area (Å²) in [5.41, 5.74) is 1.87.